The maximum absolute atomic E-state index is 12.8. The van der Waals surface area contributed by atoms with Crippen molar-refractivity contribution < 1.29 is 9.47 Å². The van der Waals surface area contributed by atoms with Crippen molar-refractivity contribution in [3.8, 4) is 5.75 Å². The lowest BCUT2D eigenvalue weighted by Crippen LogP contribution is -2.23. The monoisotopic (exact) mass is 423 g/mol. The molecular weight excluding hydrogens is 394 g/mol. The topological polar surface area (TPSA) is 85.3 Å². The summed E-state index contributed by atoms with van der Waals surface area (Å²) in [5.74, 6) is 2.23. The molecule has 2 fully saturated rings. The molecule has 2 aliphatic rings. The lowest BCUT2D eigenvalue weighted by atomic mass is 9.97. The van der Waals surface area contributed by atoms with E-state index >= 15 is 0 Å². The number of H-pyrrole nitrogens is 1. The number of aromatic amines is 1. The van der Waals surface area contributed by atoms with Crippen LogP contribution in [-0.2, 0) is 11.3 Å². The second-order valence-corrected chi connectivity index (χ2v) is 8.75. The Morgan fingerprint density at radius 2 is 1.97 bits per heavy atom. The summed E-state index contributed by atoms with van der Waals surface area (Å²) < 4.78 is 12.7. The lowest BCUT2D eigenvalue weighted by molar-refractivity contribution is 0.0673. The van der Waals surface area contributed by atoms with Crippen LogP contribution in [0.25, 0.3) is 11.0 Å². The average Bonchev–Trinajstić information content (AvgIpc) is 3.38. The highest BCUT2D eigenvalue weighted by molar-refractivity contribution is 5.73. The molecule has 0 saturated carbocycles. The third-order valence-electron chi connectivity index (χ3n) is 6.62. The molecule has 4 heterocycles. The van der Waals surface area contributed by atoms with E-state index in [0.717, 1.165) is 57.3 Å². The summed E-state index contributed by atoms with van der Waals surface area (Å²) in [7, 11) is 1.68. The van der Waals surface area contributed by atoms with E-state index in [4.69, 9.17) is 14.5 Å². The standard InChI is InChI=1S/C23H29N5O3/c1-15-12-27(13-16-3-5-18(30-2)6-4-16)14-20(15)21-25-22-19(23(29)26-21)11-24-28(22)17-7-9-31-10-8-17/h3-6,11,15,17,20H,7-10,12-14H2,1-2H3,(H,25,26,29). The fourth-order valence-corrected chi connectivity index (χ4v) is 4.87. The van der Waals surface area contributed by atoms with Crippen molar-refractivity contribution in [2.45, 2.75) is 38.3 Å². The summed E-state index contributed by atoms with van der Waals surface area (Å²) >= 11 is 0. The molecule has 5 rings (SSSR count). The Morgan fingerprint density at radius 3 is 2.71 bits per heavy atom. The van der Waals surface area contributed by atoms with Crippen LogP contribution in [0.3, 0.4) is 0 Å². The highest BCUT2D eigenvalue weighted by Gasteiger charge is 2.33. The van der Waals surface area contributed by atoms with E-state index in [1.807, 2.05) is 16.8 Å². The van der Waals surface area contributed by atoms with Crippen LogP contribution < -0.4 is 10.3 Å². The summed E-state index contributed by atoms with van der Waals surface area (Å²) in [6, 6.07) is 8.44. The Labute approximate surface area is 181 Å². The second kappa shape index (κ2) is 8.43. The zero-order chi connectivity index (χ0) is 21.4. The van der Waals surface area contributed by atoms with Crippen LogP contribution >= 0.6 is 0 Å². The molecule has 31 heavy (non-hydrogen) atoms. The Hall–Kier alpha value is -2.71. The van der Waals surface area contributed by atoms with Crippen molar-refractivity contribution in [3.05, 3.63) is 52.2 Å². The third-order valence-corrected chi connectivity index (χ3v) is 6.62. The summed E-state index contributed by atoms with van der Waals surface area (Å²) in [6.45, 7) is 6.39. The molecule has 0 spiro atoms. The Balaban J connectivity index is 1.38. The molecule has 164 valence electrons. The molecule has 3 aromatic rings. The average molecular weight is 424 g/mol. The van der Waals surface area contributed by atoms with Crippen LogP contribution in [0.4, 0.5) is 0 Å². The molecule has 0 aliphatic carbocycles. The molecule has 1 N–H and O–H groups in total. The Morgan fingerprint density at radius 1 is 1.19 bits per heavy atom. The molecule has 2 unspecified atom stereocenters. The Bertz CT molecular complexity index is 1100. The van der Waals surface area contributed by atoms with Gasteiger partial charge in [0.05, 0.1) is 19.3 Å². The number of rotatable bonds is 5. The number of aromatic nitrogens is 4. The van der Waals surface area contributed by atoms with Gasteiger partial charge in [-0.05, 0) is 36.5 Å². The van der Waals surface area contributed by atoms with E-state index in [0.29, 0.717) is 17.0 Å². The summed E-state index contributed by atoms with van der Waals surface area (Å²) in [5, 5.41) is 5.08. The first kappa shape index (κ1) is 20.2. The first-order chi connectivity index (χ1) is 15.1. The molecule has 8 nitrogen and oxygen atoms in total. The zero-order valence-corrected chi connectivity index (χ0v) is 18.1. The third kappa shape index (κ3) is 3.97. The molecule has 0 bridgehead atoms. The summed E-state index contributed by atoms with van der Waals surface area (Å²) in [6.07, 6.45) is 3.45. The SMILES string of the molecule is COc1ccc(CN2CC(C)C(c3nc4c(cnn4C4CCOCC4)c(=O)[nH]3)C2)cc1. The van der Waals surface area contributed by atoms with Gasteiger partial charge < -0.3 is 14.5 Å². The highest BCUT2D eigenvalue weighted by atomic mass is 16.5. The van der Waals surface area contributed by atoms with Gasteiger partial charge in [0.1, 0.15) is 17.0 Å². The minimum absolute atomic E-state index is 0.0980. The predicted molar refractivity (Wildman–Crippen MR) is 117 cm³/mol. The zero-order valence-electron chi connectivity index (χ0n) is 18.1. The van der Waals surface area contributed by atoms with Crippen molar-refractivity contribution >= 4 is 11.0 Å². The van der Waals surface area contributed by atoms with E-state index in [-0.39, 0.29) is 17.5 Å². The molecule has 8 heteroatoms. The van der Waals surface area contributed by atoms with E-state index < -0.39 is 0 Å². The van der Waals surface area contributed by atoms with Crippen LogP contribution in [-0.4, -0.2) is 58.1 Å². The number of hydrogen-bond donors (Lipinski definition) is 1. The lowest BCUT2D eigenvalue weighted by Gasteiger charge is -2.23. The molecule has 2 aromatic heterocycles. The number of hydrogen-bond acceptors (Lipinski definition) is 6. The van der Waals surface area contributed by atoms with Crippen molar-refractivity contribution in [1.82, 2.24) is 24.6 Å². The fraction of sp³-hybridized carbons (Fsp3) is 0.522. The van der Waals surface area contributed by atoms with Gasteiger partial charge >= 0.3 is 0 Å². The maximum Gasteiger partial charge on any atom is 0.262 e. The van der Waals surface area contributed by atoms with E-state index in [1.54, 1.807) is 13.3 Å². The quantitative estimate of drug-likeness (QED) is 0.679. The van der Waals surface area contributed by atoms with Gasteiger partial charge in [-0.25, -0.2) is 9.67 Å². The Kier molecular flexibility index (Phi) is 5.50. The van der Waals surface area contributed by atoms with Crippen molar-refractivity contribution in [2.24, 2.45) is 5.92 Å². The number of benzene rings is 1. The first-order valence-electron chi connectivity index (χ1n) is 11.0. The smallest absolute Gasteiger partial charge is 0.262 e. The van der Waals surface area contributed by atoms with Gasteiger partial charge in [0.25, 0.3) is 5.56 Å². The van der Waals surface area contributed by atoms with Gasteiger partial charge in [0.2, 0.25) is 0 Å². The highest BCUT2D eigenvalue weighted by Crippen LogP contribution is 2.32. The van der Waals surface area contributed by atoms with Gasteiger partial charge in [0.15, 0.2) is 5.65 Å². The number of nitrogens with one attached hydrogen (secondary N) is 1. The van der Waals surface area contributed by atoms with Crippen molar-refractivity contribution in [2.75, 3.05) is 33.4 Å². The van der Waals surface area contributed by atoms with Gasteiger partial charge in [-0.1, -0.05) is 19.1 Å². The van der Waals surface area contributed by atoms with Gasteiger partial charge in [0, 0.05) is 38.8 Å². The summed E-state index contributed by atoms with van der Waals surface area (Å²) in [4.78, 5) is 23.2. The number of fused-ring (bicyclic) bond motifs is 1. The minimum Gasteiger partial charge on any atom is -0.497 e. The normalized spacial score (nSPS) is 22.9. The van der Waals surface area contributed by atoms with Crippen LogP contribution in [0.2, 0.25) is 0 Å². The fourth-order valence-electron chi connectivity index (χ4n) is 4.87. The molecule has 2 atom stereocenters. The van der Waals surface area contributed by atoms with Gasteiger partial charge in [-0.2, -0.15) is 5.10 Å². The molecule has 0 radical (unpaired) electrons. The van der Waals surface area contributed by atoms with Gasteiger partial charge in [-0.15, -0.1) is 0 Å². The largest absolute Gasteiger partial charge is 0.497 e. The van der Waals surface area contributed by atoms with Crippen LogP contribution in [0.15, 0.2) is 35.3 Å². The number of ether oxygens (including phenoxy) is 2. The molecule has 1 aromatic carbocycles. The van der Waals surface area contributed by atoms with E-state index in [1.165, 1.54) is 5.56 Å². The molecule has 2 saturated heterocycles. The number of likely N-dealkylation sites (tertiary alicyclic amines) is 1. The minimum atomic E-state index is -0.0980. The summed E-state index contributed by atoms with van der Waals surface area (Å²) in [5.41, 5.74) is 1.86. The molecular formula is C23H29N5O3. The van der Waals surface area contributed by atoms with E-state index in [2.05, 4.69) is 34.0 Å². The molecule has 2 aliphatic heterocycles. The second-order valence-electron chi connectivity index (χ2n) is 8.75. The number of methoxy groups -OCH3 is 1. The van der Waals surface area contributed by atoms with E-state index in [9.17, 15) is 4.79 Å². The maximum atomic E-state index is 12.8. The predicted octanol–water partition coefficient (Wildman–Crippen LogP) is 2.72. The molecule has 0 amide bonds. The van der Waals surface area contributed by atoms with Crippen molar-refractivity contribution in [3.63, 3.8) is 0 Å². The van der Waals surface area contributed by atoms with Crippen LogP contribution in [0, 0.1) is 5.92 Å². The number of nitrogens with zero attached hydrogens (tertiary/aromatic N) is 4. The first-order valence-corrected chi connectivity index (χ1v) is 11.0. The van der Waals surface area contributed by atoms with Crippen LogP contribution in [0.1, 0.15) is 43.1 Å². The van der Waals surface area contributed by atoms with Gasteiger partial charge in [-0.3, -0.25) is 9.69 Å². The van der Waals surface area contributed by atoms with Crippen LogP contribution in [0.5, 0.6) is 5.75 Å². The van der Waals surface area contributed by atoms with Crippen molar-refractivity contribution in [1.29, 1.82) is 0 Å².